The Morgan fingerprint density at radius 1 is 1.19 bits per heavy atom. The van der Waals surface area contributed by atoms with Gasteiger partial charge in [-0.15, -0.1) is 0 Å². The van der Waals surface area contributed by atoms with Gasteiger partial charge in [0, 0.05) is 36.2 Å². The Bertz CT molecular complexity index is 1180. The average molecular weight is 427 g/mol. The number of rotatable bonds is 5. The number of hydrogen-bond acceptors (Lipinski definition) is 5. The molecular weight excluding hydrogens is 408 g/mol. The molecule has 2 heterocycles. The summed E-state index contributed by atoms with van der Waals surface area (Å²) in [5.41, 5.74) is 3.57. The molecule has 0 aliphatic rings. The van der Waals surface area contributed by atoms with Crippen LogP contribution >= 0.6 is 15.9 Å². The highest BCUT2D eigenvalue weighted by Gasteiger charge is 2.13. The molecule has 0 amide bonds. The zero-order chi connectivity index (χ0) is 19.0. The van der Waals surface area contributed by atoms with Crippen LogP contribution in [-0.2, 0) is 13.1 Å². The first kappa shape index (κ1) is 17.8. The molecule has 0 aliphatic carbocycles. The lowest BCUT2D eigenvalue weighted by Crippen LogP contribution is -2.20. The molecule has 4 aromatic rings. The molecular formula is C20H19BrN4O2. The monoisotopic (exact) mass is 426 g/mol. The molecule has 0 fully saturated rings. The van der Waals surface area contributed by atoms with Crippen LogP contribution in [0.5, 0.6) is 0 Å². The van der Waals surface area contributed by atoms with E-state index < -0.39 is 0 Å². The number of hydrogen-bond donors (Lipinski definition) is 2. The molecule has 0 radical (unpaired) electrons. The molecule has 0 saturated heterocycles. The second-order valence-electron chi connectivity index (χ2n) is 6.56. The minimum atomic E-state index is -0.266. The molecule has 0 atom stereocenters. The fourth-order valence-corrected chi connectivity index (χ4v) is 3.53. The maximum Gasteiger partial charge on any atom is 0.294 e. The number of halogens is 1. The minimum absolute atomic E-state index is 0.254. The predicted molar refractivity (Wildman–Crippen MR) is 111 cm³/mol. The summed E-state index contributed by atoms with van der Waals surface area (Å²) in [4.78, 5) is 21.9. The van der Waals surface area contributed by atoms with Crippen molar-refractivity contribution in [1.82, 2.24) is 15.3 Å². The number of nitrogens with one attached hydrogen (secondary N) is 2. The van der Waals surface area contributed by atoms with Crippen molar-refractivity contribution in [2.45, 2.75) is 13.1 Å². The number of aromatic nitrogens is 2. The number of anilines is 1. The second-order valence-corrected chi connectivity index (χ2v) is 7.48. The van der Waals surface area contributed by atoms with Crippen molar-refractivity contribution in [1.29, 1.82) is 0 Å². The largest absolute Gasteiger partial charge is 0.449 e. The standard InChI is InChI=1S/C20H19BrN4O2/c1-25(2)15-6-4-3-5-12(15)10-22-11-17-23-18-14-9-13(21)7-8-16(14)27-19(18)20(26)24-17/h3-9,22H,10-11H2,1-2H3,(H,23,24,26). The Hall–Kier alpha value is -2.64. The predicted octanol–water partition coefficient (Wildman–Crippen LogP) is 3.79. The third-order valence-electron chi connectivity index (χ3n) is 4.42. The van der Waals surface area contributed by atoms with Gasteiger partial charge in [-0.25, -0.2) is 4.98 Å². The molecule has 2 aromatic carbocycles. The third kappa shape index (κ3) is 3.48. The zero-order valence-corrected chi connectivity index (χ0v) is 16.6. The van der Waals surface area contributed by atoms with E-state index in [0.29, 0.717) is 30.0 Å². The van der Waals surface area contributed by atoms with E-state index in [0.717, 1.165) is 15.5 Å². The fourth-order valence-electron chi connectivity index (χ4n) is 3.17. The van der Waals surface area contributed by atoms with E-state index in [1.54, 1.807) is 0 Å². The number of nitrogens with zero attached hydrogens (tertiary/aromatic N) is 2. The van der Waals surface area contributed by atoms with Crippen LogP contribution in [0.3, 0.4) is 0 Å². The first-order chi connectivity index (χ1) is 13.0. The van der Waals surface area contributed by atoms with E-state index in [1.807, 2.05) is 44.4 Å². The van der Waals surface area contributed by atoms with Crippen LogP contribution in [0.25, 0.3) is 22.1 Å². The molecule has 0 saturated carbocycles. The van der Waals surface area contributed by atoms with Crippen LogP contribution < -0.4 is 15.8 Å². The normalized spacial score (nSPS) is 11.4. The van der Waals surface area contributed by atoms with Gasteiger partial charge in [0.15, 0.2) is 0 Å². The van der Waals surface area contributed by atoms with Crippen LogP contribution in [0, 0.1) is 0 Å². The van der Waals surface area contributed by atoms with E-state index in [-0.39, 0.29) is 11.1 Å². The number of fused-ring (bicyclic) bond motifs is 3. The molecule has 6 nitrogen and oxygen atoms in total. The van der Waals surface area contributed by atoms with Crippen molar-refractivity contribution in [3.8, 4) is 0 Å². The SMILES string of the molecule is CN(C)c1ccccc1CNCc1nc2c(oc3ccc(Br)cc32)c(=O)[nH]1. The minimum Gasteiger partial charge on any atom is -0.449 e. The summed E-state index contributed by atoms with van der Waals surface area (Å²) in [6.07, 6.45) is 0. The molecule has 27 heavy (non-hydrogen) atoms. The molecule has 0 bridgehead atoms. The Morgan fingerprint density at radius 2 is 2.00 bits per heavy atom. The Kier molecular flexibility index (Phi) is 4.72. The fraction of sp³-hybridized carbons (Fsp3) is 0.200. The summed E-state index contributed by atoms with van der Waals surface area (Å²) in [5.74, 6) is 0.581. The first-order valence-corrected chi connectivity index (χ1v) is 9.39. The Balaban J connectivity index is 1.60. The quantitative estimate of drug-likeness (QED) is 0.507. The molecule has 138 valence electrons. The average Bonchev–Trinajstić information content (AvgIpc) is 3.01. The van der Waals surface area contributed by atoms with E-state index in [2.05, 4.69) is 48.2 Å². The van der Waals surface area contributed by atoms with Crippen LogP contribution in [0.2, 0.25) is 0 Å². The van der Waals surface area contributed by atoms with Gasteiger partial charge in [-0.05, 0) is 29.8 Å². The summed E-state index contributed by atoms with van der Waals surface area (Å²) in [5, 5.41) is 4.18. The maximum atomic E-state index is 12.4. The Morgan fingerprint density at radius 3 is 2.81 bits per heavy atom. The molecule has 2 aromatic heterocycles. The van der Waals surface area contributed by atoms with Gasteiger partial charge in [-0.3, -0.25) is 4.79 Å². The lowest BCUT2D eigenvalue weighted by Gasteiger charge is -2.17. The van der Waals surface area contributed by atoms with Gasteiger partial charge in [-0.1, -0.05) is 34.1 Å². The lowest BCUT2D eigenvalue weighted by molar-refractivity contribution is 0.644. The second kappa shape index (κ2) is 7.17. The number of aromatic amines is 1. The van der Waals surface area contributed by atoms with Gasteiger partial charge in [0.05, 0.1) is 6.54 Å². The molecule has 0 unspecified atom stereocenters. The van der Waals surface area contributed by atoms with Crippen molar-refractivity contribution in [2.75, 3.05) is 19.0 Å². The number of para-hydroxylation sites is 1. The maximum absolute atomic E-state index is 12.4. The molecule has 0 aliphatic heterocycles. The highest BCUT2D eigenvalue weighted by atomic mass is 79.9. The number of furan rings is 1. The van der Waals surface area contributed by atoms with Gasteiger partial charge < -0.3 is 19.6 Å². The van der Waals surface area contributed by atoms with Crippen molar-refractivity contribution < 1.29 is 4.42 Å². The lowest BCUT2D eigenvalue weighted by atomic mass is 10.1. The van der Waals surface area contributed by atoms with Gasteiger partial charge in [-0.2, -0.15) is 0 Å². The van der Waals surface area contributed by atoms with Crippen LogP contribution in [0.4, 0.5) is 5.69 Å². The highest BCUT2D eigenvalue weighted by molar-refractivity contribution is 9.10. The van der Waals surface area contributed by atoms with Gasteiger partial charge in [0.2, 0.25) is 5.58 Å². The van der Waals surface area contributed by atoms with Gasteiger partial charge in [0.1, 0.15) is 16.9 Å². The summed E-state index contributed by atoms with van der Waals surface area (Å²) in [6.45, 7) is 1.13. The van der Waals surface area contributed by atoms with Crippen molar-refractivity contribution in [3.05, 3.63) is 68.7 Å². The van der Waals surface area contributed by atoms with E-state index in [1.165, 1.54) is 5.56 Å². The smallest absolute Gasteiger partial charge is 0.294 e. The molecule has 0 spiro atoms. The Labute approximate surface area is 164 Å². The van der Waals surface area contributed by atoms with E-state index in [9.17, 15) is 4.79 Å². The summed E-state index contributed by atoms with van der Waals surface area (Å²) < 4.78 is 6.57. The van der Waals surface area contributed by atoms with Crippen molar-refractivity contribution >= 4 is 43.7 Å². The van der Waals surface area contributed by atoms with Crippen molar-refractivity contribution in [2.24, 2.45) is 0 Å². The molecule has 4 rings (SSSR count). The third-order valence-corrected chi connectivity index (χ3v) is 4.91. The van der Waals surface area contributed by atoms with Crippen LogP contribution in [0.15, 0.2) is 56.1 Å². The first-order valence-electron chi connectivity index (χ1n) is 8.60. The summed E-state index contributed by atoms with van der Waals surface area (Å²) >= 11 is 3.45. The molecule has 7 heteroatoms. The summed E-state index contributed by atoms with van der Waals surface area (Å²) in [6, 6.07) is 13.8. The van der Waals surface area contributed by atoms with Gasteiger partial charge in [0.25, 0.3) is 5.56 Å². The van der Waals surface area contributed by atoms with Gasteiger partial charge >= 0.3 is 0 Å². The van der Waals surface area contributed by atoms with E-state index >= 15 is 0 Å². The van der Waals surface area contributed by atoms with E-state index in [4.69, 9.17) is 4.42 Å². The zero-order valence-electron chi connectivity index (χ0n) is 15.0. The number of benzene rings is 2. The van der Waals surface area contributed by atoms with Crippen molar-refractivity contribution in [3.63, 3.8) is 0 Å². The highest BCUT2D eigenvalue weighted by Crippen LogP contribution is 2.27. The van der Waals surface area contributed by atoms with Crippen LogP contribution in [-0.4, -0.2) is 24.1 Å². The van der Waals surface area contributed by atoms with Crippen LogP contribution in [0.1, 0.15) is 11.4 Å². The summed E-state index contributed by atoms with van der Waals surface area (Å²) in [7, 11) is 4.04. The number of H-pyrrole nitrogens is 1. The topological polar surface area (TPSA) is 74.2 Å². The molecule has 2 N–H and O–H groups in total.